The number of amides is 1. The summed E-state index contributed by atoms with van der Waals surface area (Å²) in [7, 11) is 0. The lowest BCUT2D eigenvalue weighted by molar-refractivity contribution is 0.101. The number of hydrogen-bond acceptors (Lipinski definition) is 4. The van der Waals surface area contributed by atoms with Gasteiger partial charge in [0.1, 0.15) is 11.4 Å². The predicted octanol–water partition coefficient (Wildman–Crippen LogP) is 3.01. The Bertz CT molecular complexity index is 881. The summed E-state index contributed by atoms with van der Waals surface area (Å²) in [5.74, 6) is 0.604. The summed E-state index contributed by atoms with van der Waals surface area (Å²) in [5.41, 5.74) is 3.40. The molecule has 0 spiro atoms. The molecule has 7 heteroatoms. The van der Waals surface area contributed by atoms with Crippen LogP contribution in [0.5, 0.6) is 5.75 Å². The SMILES string of the molecule is CCn1nccc1C(=O)Nc1cnn(COc2ccc(C)cc2C)c1. The molecule has 2 heterocycles. The van der Waals surface area contributed by atoms with Crippen LogP contribution in [0.15, 0.2) is 42.9 Å². The first-order chi connectivity index (χ1) is 12.1. The van der Waals surface area contributed by atoms with Crippen molar-refractivity contribution < 1.29 is 9.53 Å². The molecule has 25 heavy (non-hydrogen) atoms. The number of nitrogens with zero attached hydrogens (tertiary/aromatic N) is 4. The van der Waals surface area contributed by atoms with Gasteiger partial charge in [-0.3, -0.25) is 9.48 Å². The molecule has 1 aromatic carbocycles. The lowest BCUT2D eigenvalue weighted by Gasteiger charge is -2.09. The zero-order valence-corrected chi connectivity index (χ0v) is 14.6. The van der Waals surface area contributed by atoms with Crippen molar-refractivity contribution in [1.29, 1.82) is 0 Å². The minimum absolute atomic E-state index is 0.214. The highest BCUT2D eigenvalue weighted by Crippen LogP contribution is 2.19. The van der Waals surface area contributed by atoms with Crippen molar-refractivity contribution in [2.75, 3.05) is 5.32 Å². The van der Waals surface area contributed by atoms with Crippen LogP contribution in [0.2, 0.25) is 0 Å². The summed E-state index contributed by atoms with van der Waals surface area (Å²) in [6.45, 7) is 6.90. The molecule has 0 fully saturated rings. The molecule has 0 atom stereocenters. The number of benzene rings is 1. The third kappa shape index (κ3) is 3.88. The van der Waals surface area contributed by atoms with Gasteiger partial charge in [-0.15, -0.1) is 0 Å². The lowest BCUT2D eigenvalue weighted by Crippen LogP contribution is -2.17. The maximum atomic E-state index is 12.3. The van der Waals surface area contributed by atoms with Crippen LogP contribution in [0.4, 0.5) is 5.69 Å². The predicted molar refractivity (Wildman–Crippen MR) is 94.6 cm³/mol. The van der Waals surface area contributed by atoms with Crippen molar-refractivity contribution in [1.82, 2.24) is 19.6 Å². The van der Waals surface area contributed by atoms with Crippen molar-refractivity contribution in [3.8, 4) is 5.75 Å². The average molecular weight is 339 g/mol. The Morgan fingerprint density at radius 2 is 2.08 bits per heavy atom. The fourth-order valence-corrected chi connectivity index (χ4v) is 2.57. The van der Waals surface area contributed by atoms with Crippen molar-refractivity contribution in [3.63, 3.8) is 0 Å². The van der Waals surface area contributed by atoms with Crippen molar-refractivity contribution >= 4 is 11.6 Å². The van der Waals surface area contributed by atoms with E-state index in [2.05, 4.69) is 21.6 Å². The number of carbonyl (C=O) groups excluding carboxylic acids is 1. The van der Waals surface area contributed by atoms with E-state index in [0.29, 0.717) is 17.9 Å². The molecule has 1 amide bonds. The zero-order valence-electron chi connectivity index (χ0n) is 14.6. The van der Waals surface area contributed by atoms with Gasteiger partial charge >= 0.3 is 0 Å². The number of hydrogen-bond donors (Lipinski definition) is 1. The number of nitrogens with one attached hydrogen (secondary N) is 1. The Morgan fingerprint density at radius 3 is 2.84 bits per heavy atom. The average Bonchev–Trinajstić information content (AvgIpc) is 3.23. The van der Waals surface area contributed by atoms with Gasteiger partial charge in [0.2, 0.25) is 0 Å². The Morgan fingerprint density at radius 1 is 1.24 bits per heavy atom. The molecule has 130 valence electrons. The third-order valence-electron chi connectivity index (χ3n) is 3.82. The zero-order chi connectivity index (χ0) is 17.8. The standard InChI is InChI=1S/C18H21N5O2/c1-4-23-16(7-8-19-23)18(24)21-15-10-20-22(11-15)12-25-17-6-5-13(2)9-14(17)3/h5-11H,4,12H2,1-3H3,(H,21,24). The fraction of sp³-hybridized carbons (Fsp3) is 0.278. The number of ether oxygens (including phenoxy) is 1. The second kappa shape index (κ2) is 7.21. The summed E-state index contributed by atoms with van der Waals surface area (Å²) in [4.78, 5) is 12.3. The molecule has 7 nitrogen and oxygen atoms in total. The Labute approximate surface area is 146 Å². The van der Waals surface area contributed by atoms with Gasteiger partial charge in [-0.1, -0.05) is 17.7 Å². The topological polar surface area (TPSA) is 74.0 Å². The number of aromatic nitrogens is 4. The minimum atomic E-state index is -0.214. The van der Waals surface area contributed by atoms with Gasteiger partial charge in [0.05, 0.1) is 18.1 Å². The number of carbonyl (C=O) groups is 1. The fourth-order valence-electron chi connectivity index (χ4n) is 2.57. The molecule has 3 aromatic rings. The van der Waals surface area contributed by atoms with Crippen LogP contribution in [0, 0.1) is 13.8 Å². The van der Waals surface area contributed by atoms with Gasteiger partial charge in [0.15, 0.2) is 6.73 Å². The number of rotatable bonds is 6. The highest BCUT2D eigenvalue weighted by Gasteiger charge is 2.12. The van der Waals surface area contributed by atoms with Crippen LogP contribution in [0.3, 0.4) is 0 Å². The molecular formula is C18H21N5O2. The first-order valence-electron chi connectivity index (χ1n) is 8.12. The molecule has 2 aromatic heterocycles. The normalized spacial score (nSPS) is 10.7. The summed E-state index contributed by atoms with van der Waals surface area (Å²) in [6, 6.07) is 7.71. The van der Waals surface area contributed by atoms with Crippen LogP contribution in [-0.2, 0) is 13.3 Å². The molecule has 0 bridgehead atoms. The second-order valence-electron chi connectivity index (χ2n) is 5.80. The Kier molecular flexibility index (Phi) is 4.83. The second-order valence-corrected chi connectivity index (χ2v) is 5.80. The highest BCUT2D eigenvalue weighted by molar-refractivity contribution is 6.02. The summed E-state index contributed by atoms with van der Waals surface area (Å²) in [6.07, 6.45) is 4.93. The van der Waals surface area contributed by atoms with Gasteiger partial charge in [-0.25, -0.2) is 4.68 Å². The molecule has 0 saturated heterocycles. The maximum Gasteiger partial charge on any atom is 0.274 e. The van der Waals surface area contributed by atoms with Crippen molar-refractivity contribution in [3.05, 3.63) is 59.7 Å². The number of anilines is 1. The van der Waals surface area contributed by atoms with E-state index >= 15 is 0 Å². The van der Waals surface area contributed by atoms with Crippen LogP contribution < -0.4 is 10.1 Å². The largest absolute Gasteiger partial charge is 0.471 e. The lowest BCUT2D eigenvalue weighted by atomic mass is 10.1. The van der Waals surface area contributed by atoms with E-state index in [-0.39, 0.29) is 12.6 Å². The minimum Gasteiger partial charge on any atom is -0.471 e. The Hall–Kier alpha value is -3.09. The van der Waals surface area contributed by atoms with Gasteiger partial charge < -0.3 is 10.1 Å². The van der Waals surface area contributed by atoms with Gasteiger partial charge in [-0.05, 0) is 38.5 Å². The maximum absolute atomic E-state index is 12.3. The highest BCUT2D eigenvalue weighted by atomic mass is 16.5. The van der Waals surface area contributed by atoms with E-state index in [0.717, 1.165) is 11.3 Å². The molecule has 0 unspecified atom stereocenters. The van der Waals surface area contributed by atoms with Crippen LogP contribution in [0.1, 0.15) is 28.5 Å². The van der Waals surface area contributed by atoms with Gasteiger partial charge in [0.25, 0.3) is 5.91 Å². The van der Waals surface area contributed by atoms with Crippen molar-refractivity contribution in [2.24, 2.45) is 0 Å². The van der Waals surface area contributed by atoms with E-state index in [1.807, 2.05) is 32.9 Å². The van der Waals surface area contributed by atoms with Gasteiger partial charge in [0, 0.05) is 12.7 Å². The molecule has 0 aliphatic rings. The van der Waals surface area contributed by atoms with E-state index in [4.69, 9.17) is 4.74 Å². The molecule has 0 saturated carbocycles. The molecule has 0 aliphatic heterocycles. The monoisotopic (exact) mass is 339 g/mol. The molecule has 0 radical (unpaired) electrons. The molecule has 1 N–H and O–H groups in total. The van der Waals surface area contributed by atoms with E-state index in [9.17, 15) is 4.79 Å². The first kappa shape index (κ1) is 16.8. The van der Waals surface area contributed by atoms with Crippen LogP contribution in [0.25, 0.3) is 0 Å². The van der Waals surface area contributed by atoms with Crippen LogP contribution >= 0.6 is 0 Å². The number of aryl methyl sites for hydroxylation is 3. The molecular weight excluding hydrogens is 318 g/mol. The molecule has 0 aliphatic carbocycles. The third-order valence-corrected chi connectivity index (χ3v) is 3.82. The summed E-state index contributed by atoms with van der Waals surface area (Å²) >= 11 is 0. The van der Waals surface area contributed by atoms with Gasteiger partial charge in [-0.2, -0.15) is 10.2 Å². The van der Waals surface area contributed by atoms with E-state index in [1.54, 1.807) is 34.0 Å². The Balaban J connectivity index is 1.61. The van der Waals surface area contributed by atoms with Crippen LogP contribution in [-0.4, -0.2) is 25.5 Å². The smallest absolute Gasteiger partial charge is 0.274 e. The molecule has 3 rings (SSSR count). The van der Waals surface area contributed by atoms with E-state index in [1.165, 1.54) is 5.56 Å². The van der Waals surface area contributed by atoms with E-state index < -0.39 is 0 Å². The summed E-state index contributed by atoms with van der Waals surface area (Å²) in [5, 5.41) is 11.1. The summed E-state index contributed by atoms with van der Waals surface area (Å²) < 4.78 is 9.05. The van der Waals surface area contributed by atoms with Crippen molar-refractivity contribution in [2.45, 2.75) is 34.0 Å². The first-order valence-corrected chi connectivity index (χ1v) is 8.12. The quantitative estimate of drug-likeness (QED) is 0.749.